The molecule has 2 aliphatic carbocycles. The smallest absolute Gasteiger partial charge is 0.228 e. The van der Waals surface area contributed by atoms with Gasteiger partial charge < -0.3 is 5.32 Å². The quantitative estimate of drug-likeness (QED) is 0.865. The molecule has 0 aromatic heterocycles. The van der Waals surface area contributed by atoms with Gasteiger partial charge >= 0.3 is 0 Å². The monoisotopic (exact) mass is 265 g/mol. The lowest BCUT2D eigenvalue weighted by molar-refractivity contribution is -0.117. The molecule has 0 heterocycles. The largest absolute Gasteiger partial charge is 0.325 e. The van der Waals surface area contributed by atoms with Crippen LogP contribution in [-0.4, -0.2) is 5.91 Å². The third kappa shape index (κ3) is 1.91. The Bertz CT molecular complexity index is 646. The van der Waals surface area contributed by atoms with E-state index in [2.05, 4.69) is 23.5 Å². The van der Waals surface area contributed by atoms with Crippen LogP contribution in [0.2, 0.25) is 0 Å². The van der Waals surface area contributed by atoms with Crippen molar-refractivity contribution < 1.29 is 4.79 Å². The number of anilines is 1. The highest BCUT2D eigenvalue weighted by Gasteiger charge is 2.54. The molecule has 2 aliphatic rings. The van der Waals surface area contributed by atoms with Crippen molar-refractivity contribution in [2.45, 2.75) is 25.7 Å². The number of nitrogens with one attached hydrogen (secondary N) is 1. The van der Waals surface area contributed by atoms with Crippen LogP contribution in [0.1, 0.15) is 25.7 Å². The summed E-state index contributed by atoms with van der Waals surface area (Å²) in [7, 11) is 0. The van der Waals surface area contributed by atoms with E-state index in [4.69, 9.17) is 0 Å². The maximum atomic E-state index is 12.5. The SMILES string of the molecule is O=C(Nc1cccc2ccccc12)C1C2CCCCC21. The van der Waals surface area contributed by atoms with E-state index in [0.29, 0.717) is 11.8 Å². The van der Waals surface area contributed by atoms with Gasteiger partial charge in [0.25, 0.3) is 0 Å². The average molecular weight is 265 g/mol. The number of carbonyl (C=O) groups is 1. The number of hydrogen-bond acceptors (Lipinski definition) is 1. The minimum absolute atomic E-state index is 0.234. The Morgan fingerprint density at radius 3 is 2.45 bits per heavy atom. The Morgan fingerprint density at radius 2 is 1.65 bits per heavy atom. The van der Waals surface area contributed by atoms with Gasteiger partial charge in [0.15, 0.2) is 0 Å². The van der Waals surface area contributed by atoms with Gasteiger partial charge in [0.2, 0.25) is 5.91 Å². The summed E-state index contributed by atoms with van der Waals surface area (Å²) >= 11 is 0. The molecule has 4 rings (SSSR count). The van der Waals surface area contributed by atoms with Gasteiger partial charge in [-0.1, -0.05) is 49.2 Å². The van der Waals surface area contributed by atoms with Crippen molar-refractivity contribution in [3.05, 3.63) is 42.5 Å². The first kappa shape index (κ1) is 12.0. The third-order valence-corrected chi connectivity index (χ3v) is 5.01. The minimum atomic E-state index is 0.234. The summed E-state index contributed by atoms with van der Waals surface area (Å²) < 4.78 is 0. The molecule has 0 saturated heterocycles. The molecule has 0 spiro atoms. The van der Waals surface area contributed by atoms with E-state index in [1.54, 1.807) is 0 Å². The standard InChI is InChI=1S/C18H19NO/c20-18(17-14-9-3-4-10-15(14)17)19-16-11-5-7-12-6-1-2-8-13(12)16/h1-2,5-8,11,14-15,17H,3-4,9-10H2,(H,19,20). The molecule has 2 nitrogen and oxygen atoms in total. The van der Waals surface area contributed by atoms with E-state index in [9.17, 15) is 4.79 Å². The number of amides is 1. The first-order valence-electron chi connectivity index (χ1n) is 7.63. The van der Waals surface area contributed by atoms with Crippen LogP contribution in [0, 0.1) is 17.8 Å². The molecule has 2 fully saturated rings. The lowest BCUT2D eigenvalue weighted by atomic mass is 10.0. The second kappa shape index (κ2) is 4.62. The van der Waals surface area contributed by atoms with Crippen molar-refractivity contribution in [3.63, 3.8) is 0 Å². The van der Waals surface area contributed by atoms with Crippen molar-refractivity contribution in [2.24, 2.45) is 17.8 Å². The van der Waals surface area contributed by atoms with Crippen molar-refractivity contribution in [3.8, 4) is 0 Å². The molecule has 2 aromatic carbocycles. The molecule has 2 aromatic rings. The lowest BCUT2D eigenvalue weighted by Crippen LogP contribution is -2.15. The summed E-state index contributed by atoms with van der Waals surface area (Å²) in [5.41, 5.74) is 0.955. The van der Waals surface area contributed by atoms with Gasteiger partial charge in [-0.05, 0) is 36.1 Å². The summed E-state index contributed by atoms with van der Waals surface area (Å²) in [4.78, 5) is 12.5. The van der Waals surface area contributed by atoms with Gasteiger partial charge in [-0.2, -0.15) is 0 Å². The van der Waals surface area contributed by atoms with Crippen molar-refractivity contribution in [1.29, 1.82) is 0 Å². The Kier molecular flexibility index (Phi) is 2.76. The highest BCUT2D eigenvalue weighted by Crippen LogP contribution is 2.55. The molecule has 1 N–H and O–H groups in total. The van der Waals surface area contributed by atoms with Crippen LogP contribution in [0.4, 0.5) is 5.69 Å². The minimum Gasteiger partial charge on any atom is -0.325 e. The summed E-state index contributed by atoms with van der Waals surface area (Å²) in [5, 5.41) is 5.47. The number of hydrogen-bond donors (Lipinski definition) is 1. The van der Waals surface area contributed by atoms with Crippen LogP contribution in [0.3, 0.4) is 0 Å². The fourth-order valence-electron chi connectivity index (χ4n) is 3.93. The molecule has 1 amide bonds. The zero-order chi connectivity index (χ0) is 13.5. The van der Waals surface area contributed by atoms with Crippen LogP contribution in [0.5, 0.6) is 0 Å². The molecular formula is C18H19NO. The highest BCUT2D eigenvalue weighted by molar-refractivity contribution is 6.03. The second-order valence-corrected chi connectivity index (χ2v) is 6.15. The zero-order valence-electron chi connectivity index (χ0n) is 11.5. The maximum Gasteiger partial charge on any atom is 0.228 e. The number of rotatable bonds is 2. The first-order valence-corrected chi connectivity index (χ1v) is 7.63. The van der Waals surface area contributed by atoms with E-state index in [1.165, 1.54) is 31.1 Å². The molecule has 0 bridgehead atoms. The molecule has 0 radical (unpaired) electrons. The molecular weight excluding hydrogens is 246 g/mol. The number of fused-ring (bicyclic) bond motifs is 2. The van der Waals surface area contributed by atoms with Crippen molar-refractivity contribution in [2.75, 3.05) is 5.32 Å². The normalized spacial score (nSPS) is 27.9. The van der Waals surface area contributed by atoms with Crippen LogP contribution in [0.15, 0.2) is 42.5 Å². The Labute approximate surface area is 119 Å². The molecule has 20 heavy (non-hydrogen) atoms. The van der Waals surface area contributed by atoms with Gasteiger partial charge in [0.05, 0.1) is 0 Å². The fraction of sp³-hybridized carbons (Fsp3) is 0.389. The van der Waals surface area contributed by atoms with Gasteiger partial charge in [-0.25, -0.2) is 0 Å². The Hall–Kier alpha value is -1.83. The molecule has 0 aliphatic heterocycles. The summed E-state index contributed by atoms with van der Waals surface area (Å²) in [6.45, 7) is 0. The van der Waals surface area contributed by atoms with E-state index in [1.807, 2.05) is 24.3 Å². The molecule has 2 heteroatoms. The molecule has 102 valence electrons. The second-order valence-electron chi connectivity index (χ2n) is 6.15. The Morgan fingerprint density at radius 1 is 0.950 bits per heavy atom. The van der Waals surface area contributed by atoms with Crippen molar-refractivity contribution in [1.82, 2.24) is 0 Å². The van der Waals surface area contributed by atoms with Gasteiger partial charge in [0.1, 0.15) is 0 Å². The van der Waals surface area contributed by atoms with E-state index in [-0.39, 0.29) is 11.8 Å². The topological polar surface area (TPSA) is 29.1 Å². The zero-order valence-corrected chi connectivity index (χ0v) is 11.5. The average Bonchev–Trinajstić information content (AvgIpc) is 3.22. The van der Waals surface area contributed by atoms with Gasteiger partial charge in [0, 0.05) is 17.0 Å². The van der Waals surface area contributed by atoms with Gasteiger partial charge in [-0.3, -0.25) is 4.79 Å². The summed E-state index contributed by atoms with van der Waals surface area (Å²) in [6.07, 6.45) is 5.11. The number of carbonyl (C=O) groups excluding carboxylic acids is 1. The highest BCUT2D eigenvalue weighted by atomic mass is 16.2. The van der Waals surface area contributed by atoms with Gasteiger partial charge in [-0.15, -0.1) is 0 Å². The van der Waals surface area contributed by atoms with E-state index >= 15 is 0 Å². The molecule has 2 unspecified atom stereocenters. The number of benzene rings is 2. The van der Waals surface area contributed by atoms with Crippen molar-refractivity contribution >= 4 is 22.4 Å². The van der Waals surface area contributed by atoms with Crippen LogP contribution in [-0.2, 0) is 4.79 Å². The summed E-state index contributed by atoms with van der Waals surface area (Å²) in [5.74, 6) is 1.84. The van der Waals surface area contributed by atoms with Crippen LogP contribution < -0.4 is 5.32 Å². The third-order valence-electron chi connectivity index (χ3n) is 5.01. The maximum absolute atomic E-state index is 12.5. The van der Waals surface area contributed by atoms with E-state index in [0.717, 1.165) is 11.1 Å². The predicted octanol–water partition coefficient (Wildman–Crippen LogP) is 4.21. The van der Waals surface area contributed by atoms with Crippen LogP contribution >= 0.6 is 0 Å². The van der Waals surface area contributed by atoms with Crippen LogP contribution in [0.25, 0.3) is 10.8 Å². The molecule has 2 atom stereocenters. The lowest BCUT2D eigenvalue weighted by Gasteiger charge is -2.08. The molecule has 2 saturated carbocycles. The van der Waals surface area contributed by atoms with E-state index < -0.39 is 0 Å². The summed E-state index contributed by atoms with van der Waals surface area (Å²) in [6, 6.07) is 14.3. The first-order chi connectivity index (χ1) is 9.84. The predicted molar refractivity (Wildman–Crippen MR) is 81.5 cm³/mol. The fourth-order valence-corrected chi connectivity index (χ4v) is 3.93. The Balaban J connectivity index is 1.57.